The van der Waals surface area contributed by atoms with E-state index in [1.54, 1.807) is 6.07 Å². The van der Waals surface area contributed by atoms with Gasteiger partial charge >= 0.3 is 0 Å². The Kier molecular flexibility index (Phi) is 5.19. The van der Waals surface area contributed by atoms with E-state index in [0.717, 1.165) is 16.7 Å². The standard InChI is InChI=1S/C18H15N3/c1-15(11-13-16-7-3-2-4-8-16)12-14-17-9-5-6-10-18(17)20-21-19/h2-11,13-14H,1H3/b13-11+. The van der Waals surface area contributed by atoms with Gasteiger partial charge in [-0.25, -0.2) is 0 Å². The Morgan fingerprint density at radius 2 is 1.81 bits per heavy atom. The highest BCUT2D eigenvalue weighted by Gasteiger charge is 1.93. The average molecular weight is 273 g/mol. The first-order valence-corrected chi connectivity index (χ1v) is 6.60. The lowest BCUT2D eigenvalue weighted by Gasteiger charge is -1.96. The highest BCUT2D eigenvalue weighted by atomic mass is 15.1. The Hall–Kier alpha value is -2.99. The molecule has 0 aliphatic carbocycles. The second kappa shape index (κ2) is 7.56. The zero-order valence-electron chi connectivity index (χ0n) is 11.8. The van der Waals surface area contributed by atoms with Crippen molar-refractivity contribution in [2.75, 3.05) is 0 Å². The third-order valence-electron chi connectivity index (χ3n) is 2.87. The Bertz CT molecular complexity index is 745. The number of hydrogen-bond acceptors (Lipinski definition) is 1. The van der Waals surface area contributed by atoms with E-state index in [1.165, 1.54) is 0 Å². The molecule has 0 aliphatic rings. The molecule has 0 N–H and O–H groups in total. The molecule has 2 rings (SSSR count). The third kappa shape index (κ3) is 4.55. The van der Waals surface area contributed by atoms with Crippen molar-refractivity contribution in [3.8, 4) is 0 Å². The molecule has 0 unspecified atom stereocenters. The zero-order valence-corrected chi connectivity index (χ0v) is 11.8. The summed E-state index contributed by atoms with van der Waals surface area (Å²) in [4.78, 5) is 2.83. The van der Waals surface area contributed by atoms with Crippen molar-refractivity contribution in [2.24, 2.45) is 5.11 Å². The highest BCUT2D eigenvalue weighted by molar-refractivity contribution is 5.64. The van der Waals surface area contributed by atoms with Crippen molar-refractivity contribution in [1.29, 1.82) is 0 Å². The summed E-state index contributed by atoms with van der Waals surface area (Å²) in [6.07, 6.45) is 5.87. The summed E-state index contributed by atoms with van der Waals surface area (Å²) in [7, 11) is 0. The van der Waals surface area contributed by atoms with Gasteiger partial charge in [0.25, 0.3) is 0 Å². The minimum absolute atomic E-state index is 0.604. The molecule has 0 aromatic heterocycles. The maximum atomic E-state index is 8.54. The lowest BCUT2D eigenvalue weighted by molar-refractivity contribution is 1.46. The topological polar surface area (TPSA) is 48.8 Å². The van der Waals surface area contributed by atoms with Gasteiger partial charge in [-0.2, -0.15) is 0 Å². The van der Waals surface area contributed by atoms with Crippen LogP contribution in [0.1, 0.15) is 18.1 Å². The second-order valence-electron chi connectivity index (χ2n) is 4.46. The van der Waals surface area contributed by atoms with Gasteiger partial charge in [0, 0.05) is 10.6 Å². The van der Waals surface area contributed by atoms with E-state index in [4.69, 9.17) is 5.53 Å². The van der Waals surface area contributed by atoms with Gasteiger partial charge in [-0.15, -0.1) is 5.73 Å². The maximum Gasteiger partial charge on any atom is 0.0453 e. The van der Waals surface area contributed by atoms with Crippen molar-refractivity contribution < 1.29 is 0 Å². The van der Waals surface area contributed by atoms with Gasteiger partial charge in [0.1, 0.15) is 0 Å². The van der Waals surface area contributed by atoms with Crippen LogP contribution in [0.4, 0.5) is 5.69 Å². The predicted molar refractivity (Wildman–Crippen MR) is 87.9 cm³/mol. The smallest absolute Gasteiger partial charge is 0.0453 e. The predicted octanol–water partition coefficient (Wildman–Crippen LogP) is 5.90. The number of hydrogen-bond donors (Lipinski definition) is 0. The summed E-state index contributed by atoms with van der Waals surface area (Å²) in [5, 5.41) is 3.66. The molecule has 0 atom stereocenters. The zero-order chi connectivity index (χ0) is 14.9. The second-order valence-corrected chi connectivity index (χ2v) is 4.46. The molecule has 0 fully saturated rings. The van der Waals surface area contributed by atoms with Gasteiger partial charge in [-0.05, 0) is 35.2 Å². The largest absolute Gasteiger partial charge is 0.117 e. The summed E-state index contributed by atoms with van der Waals surface area (Å²) in [6, 6.07) is 17.5. The Morgan fingerprint density at radius 1 is 1.10 bits per heavy atom. The number of rotatable bonds is 4. The van der Waals surface area contributed by atoms with Crippen LogP contribution in [-0.4, -0.2) is 0 Å². The summed E-state index contributed by atoms with van der Waals surface area (Å²) < 4.78 is 0. The van der Waals surface area contributed by atoms with E-state index in [1.807, 2.05) is 73.7 Å². The number of benzene rings is 2. The summed E-state index contributed by atoms with van der Waals surface area (Å²) >= 11 is 0. The normalized spacial score (nSPS) is 9.76. The Labute approximate surface area is 124 Å². The first-order valence-electron chi connectivity index (χ1n) is 6.60. The lowest BCUT2D eigenvalue weighted by Crippen LogP contribution is -1.72. The van der Waals surface area contributed by atoms with Gasteiger partial charge in [-0.3, -0.25) is 0 Å². The minimum Gasteiger partial charge on any atom is -0.117 e. The first-order chi connectivity index (χ1) is 10.3. The van der Waals surface area contributed by atoms with E-state index in [0.29, 0.717) is 5.69 Å². The number of nitrogens with zero attached hydrogens (tertiary/aromatic N) is 3. The molecule has 2 aromatic carbocycles. The van der Waals surface area contributed by atoms with E-state index >= 15 is 0 Å². The monoisotopic (exact) mass is 273 g/mol. The van der Waals surface area contributed by atoms with Gasteiger partial charge in [-0.1, -0.05) is 71.9 Å². The summed E-state index contributed by atoms with van der Waals surface area (Å²) in [5.41, 5.74) is 15.3. The molecule has 3 nitrogen and oxygen atoms in total. The van der Waals surface area contributed by atoms with Crippen LogP contribution >= 0.6 is 0 Å². The van der Waals surface area contributed by atoms with Crippen LogP contribution < -0.4 is 0 Å². The quantitative estimate of drug-likeness (QED) is 0.219. The Morgan fingerprint density at radius 3 is 2.57 bits per heavy atom. The molecule has 2 aromatic rings. The molecule has 0 spiro atoms. The third-order valence-corrected chi connectivity index (χ3v) is 2.87. The molecule has 0 saturated heterocycles. The molecule has 0 heterocycles. The van der Waals surface area contributed by atoms with E-state index in [9.17, 15) is 0 Å². The molecule has 0 amide bonds. The number of allylic oxidation sites excluding steroid dienone is 2. The fourth-order valence-corrected chi connectivity index (χ4v) is 1.77. The van der Waals surface area contributed by atoms with Crippen LogP contribution in [0.2, 0.25) is 0 Å². The molecule has 0 aliphatic heterocycles. The van der Waals surface area contributed by atoms with Crippen LogP contribution in [0.5, 0.6) is 0 Å². The fraction of sp³-hybridized carbons (Fsp3) is 0.0556. The minimum atomic E-state index is 0.604. The SMILES string of the molecule is CC(=C=Cc1ccccc1N=[N+]=[N-])/C=C/c1ccccc1. The van der Waals surface area contributed by atoms with Gasteiger partial charge in [0.2, 0.25) is 0 Å². The highest BCUT2D eigenvalue weighted by Crippen LogP contribution is 2.20. The van der Waals surface area contributed by atoms with Crippen molar-refractivity contribution in [3.63, 3.8) is 0 Å². The van der Waals surface area contributed by atoms with Crippen molar-refractivity contribution in [2.45, 2.75) is 6.92 Å². The van der Waals surface area contributed by atoms with Crippen LogP contribution in [0, 0.1) is 0 Å². The molecule has 0 saturated carbocycles. The Balaban J connectivity index is 2.23. The molecule has 3 heteroatoms. The lowest BCUT2D eigenvalue weighted by atomic mass is 10.1. The van der Waals surface area contributed by atoms with Crippen molar-refractivity contribution in [3.05, 3.63) is 93.5 Å². The average Bonchev–Trinajstić information content (AvgIpc) is 2.53. The van der Waals surface area contributed by atoms with Crippen LogP contribution in [-0.2, 0) is 0 Å². The van der Waals surface area contributed by atoms with Crippen molar-refractivity contribution in [1.82, 2.24) is 0 Å². The maximum absolute atomic E-state index is 8.54. The van der Waals surface area contributed by atoms with Gasteiger partial charge < -0.3 is 0 Å². The molecule has 21 heavy (non-hydrogen) atoms. The number of azide groups is 1. The molecular weight excluding hydrogens is 258 g/mol. The van der Waals surface area contributed by atoms with Gasteiger partial charge in [0.15, 0.2) is 0 Å². The van der Waals surface area contributed by atoms with Gasteiger partial charge in [0.05, 0.1) is 0 Å². The first kappa shape index (κ1) is 14.4. The summed E-state index contributed by atoms with van der Waals surface area (Å²) in [5.74, 6) is 0. The molecule has 102 valence electrons. The van der Waals surface area contributed by atoms with E-state index in [2.05, 4.69) is 15.8 Å². The van der Waals surface area contributed by atoms with Crippen LogP contribution in [0.3, 0.4) is 0 Å². The summed E-state index contributed by atoms with van der Waals surface area (Å²) in [6.45, 7) is 1.98. The molecular formula is C18H15N3. The van der Waals surface area contributed by atoms with E-state index < -0.39 is 0 Å². The van der Waals surface area contributed by atoms with Crippen LogP contribution in [0.25, 0.3) is 22.6 Å². The van der Waals surface area contributed by atoms with E-state index in [-0.39, 0.29) is 0 Å². The van der Waals surface area contributed by atoms with Crippen molar-refractivity contribution >= 4 is 17.8 Å². The fourth-order valence-electron chi connectivity index (χ4n) is 1.77. The molecule has 0 bridgehead atoms. The van der Waals surface area contributed by atoms with Crippen LogP contribution in [0.15, 0.2) is 77.1 Å². The molecule has 0 radical (unpaired) electrons.